The zero-order valence-electron chi connectivity index (χ0n) is 5.00. The molecule has 3 saturated heterocycles. The average molecular weight is 144 g/mol. The summed E-state index contributed by atoms with van der Waals surface area (Å²) >= 11 is 0. The highest BCUT2D eigenvalue weighted by Crippen LogP contribution is 2.29. The van der Waals surface area contributed by atoms with Crippen LogP contribution in [0.2, 0.25) is 0 Å². The largest absolute Gasteiger partial charge is 0.299 e. The van der Waals surface area contributed by atoms with E-state index >= 15 is 0 Å². The van der Waals surface area contributed by atoms with E-state index in [4.69, 9.17) is 0 Å². The van der Waals surface area contributed by atoms with E-state index < -0.39 is 0 Å². The van der Waals surface area contributed by atoms with E-state index in [1.807, 2.05) is 0 Å². The first-order valence-electron chi connectivity index (χ1n) is 3.08. The van der Waals surface area contributed by atoms with Crippen LogP contribution in [-0.4, -0.2) is 22.8 Å². The molecule has 3 aliphatic heterocycles. The van der Waals surface area contributed by atoms with Gasteiger partial charge in [0.25, 0.3) is 0 Å². The fourth-order valence-corrected chi connectivity index (χ4v) is 1.76. The molecule has 50 valence electrons. The second-order valence-corrected chi connectivity index (χ2v) is 3.19. The van der Waals surface area contributed by atoms with Gasteiger partial charge in [-0.1, -0.05) is 9.39 Å². The van der Waals surface area contributed by atoms with Crippen LogP contribution in [0.4, 0.5) is 0 Å². The van der Waals surface area contributed by atoms with E-state index in [-0.39, 0.29) is 0 Å². The standard InChI is InChI=1S/C5H9N2OP/c8-3-1-4-6-5(2-3)7(4)9/h4-6H,1-2,9H2. The number of carbonyl (C=O) groups is 1. The summed E-state index contributed by atoms with van der Waals surface area (Å²) < 4.78 is 2.13. The van der Waals surface area contributed by atoms with Crippen molar-refractivity contribution in [2.75, 3.05) is 0 Å². The molecule has 3 aliphatic rings. The third-order valence-electron chi connectivity index (χ3n) is 1.95. The van der Waals surface area contributed by atoms with Gasteiger partial charge < -0.3 is 0 Å². The van der Waals surface area contributed by atoms with Crippen molar-refractivity contribution in [1.29, 1.82) is 0 Å². The zero-order valence-corrected chi connectivity index (χ0v) is 6.16. The van der Waals surface area contributed by atoms with Crippen LogP contribution in [0.25, 0.3) is 0 Å². The lowest BCUT2D eigenvalue weighted by molar-refractivity contribution is -0.130. The van der Waals surface area contributed by atoms with E-state index in [1.165, 1.54) is 0 Å². The Balaban J connectivity index is 2.09. The second-order valence-electron chi connectivity index (χ2n) is 2.59. The minimum absolute atomic E-state index is 0.321. The Labute approximate surface area is 56.0 Å². The number of carbonyl (C=O) groups excluding carboxylic acids is 1. The molecular weight excluding hydrogens is 135 g/mol. The molecule has 0 aromatic heterocycles. The molecule has 3 rings (SSSR count). The van der Waals surface area contributed by atoms with Crippen molar-refractivity contribution in [1.82, 2.24) is 9.99 Å². The molecule has 3 unspecified atom stereocenters. The summed E-state index contributed by atoms with van der Waals surface area (Å²) in [5, 5.41) is 3.24. The lowest BCUT2D eigenvalue weighted by Gasteiger charge is -2.50. The summed E-state index contributed by atoms with van der Waals surface area (Å²) in [6.07, 6.45) is 2.00. The van der Waals surface area contributed by atoms with Crippen LogP contribution in [0.15, 0.2) is 0 Å². The molecule has 0 saturated carbocycles. The number of nitrogens with zero attached hydrogens (tertiary/aromatic N) is 1. The number of hydrogen-bond acceptors (Lipinski definition) is 3. The van der Waals surface area contributed by atoms with Crippen molar-refractivity contribution in [3.8, 4) is 0 Å². The number of nitrogens with one attached hydrogen (secondary N) is 1. The molecule has 0 aromatic rings. The summed E-state index contributed by atoms with van der Waals surface area (Å²) in [6, 6.07) is 0. The van der Waals surface area contributed by atoms with Gasteiger partial charge in [0.15, 0.2) is 0 Å². The van der Waals surface area contributed by atoms with Gasteiger partial charge in [0.05, 0.1) is 12.3 Å². The molecule has 0 aliphatic carbocycles. The van der Waals surface area contributed by atoms with Gasteiger partial charge in [-0.25, -0.2) is 0 Å². The molecule has 3 atom stereocenters. The first-order valence-corrected chi connectivity index (χ1v) is 3.60. The van der Waals surface area contributed by atoms with E-state index in [0.29, 0.717) is 31.0 Å². The number of Topliss-reactive ketones (excluding diaryl/α,β-unsaturated/α-hetero) is 1. The lowest BCUT2D eigenvalue weighted by Crippen LogP contribution is -2.69. The third kappa shape index (κ3) is 0.725. The summed E-state index contributed by atoms with van der Waals surface area (Å²) in [5.41, 5.74) is 0. The van der Waals surface area contributed by atoms with Crippen LogP contribution in [0, 0.1) is 0 Å². The SMILES string of the molecule is O=C1CC2NC(C1)N2P. The van der Waals surface area contributed by atoms with Gasteiger partial charge in [0.1, 0.15) is 5.78 Å². The van der Waals surface area contributed by atoms with Crippen molar-refractivity contribution in [3.63, 3.8) is 0 Å². The molecule has 3 heterocycles. The van der Waals surface area contributed by atoms with Gasteiger partial charge in [-0.05, 0) is 0 Å². The maximum Gasteiger partial charge on any atom is 0.138 e. The van der Waals surface area contributed by atoms with Crippen molar-refractivity contribution in [3.05, 3.63) is 0 Å². The Bertz CT molecular complexity index is 147. The fraction of sp³-hybridized carbons (Fsp3) is 0.800. The molecular formula is C5H9N2OP. The Kier molecular flexibility index (Phi) is 1.12. The number of hydrogen-bond donors (Lipinski definition) is 1. The highest BCUT2D eigenvalue weighted by Gasteiger charge is 2.41. The van der Waals surface area contributed by atoms with Gasteiger partial charge >= 0.3 is 0 Å². The minimum atomic E-state index is 0.321. The molecule has 3 nitrogen and oxygen atoms in total. The first-order chi connectivity index (χ1) is 4.27. The molecule has 1 N–H and O–H groups in total. The third-order valence-corrected chi connectivity index (χ3v) is 2.67. The van der Waals surface area contributed by atoms with Crippen LogP contribution in [0.3, 0.4) is 0 Å². The smallest absolute Gasteiger partial charge is 0.138 e. The normalized spacial score (nSPS) is 42.6. The number of rotatable bonds is 0. The molecule has 0 radical (unpaired) electrons. The Morgan fingerprint density at radius 2 is 2.11 bits per heavy atom. The van der Waals surface area contributed by atoms with Gasteiger partial charge in [-0.15, -0.1) is 0 Å². The topological polar surface area (TPSA) is 32.3 Å². The van der Waals surface area contributed by atoms with E-state index in [9.17, 15) is 4.79 Å². The number of piperidine rings is 2. The quantitative estimate of drug-likeness (QED) is 0.473. The number of fused-ring (bicyclic) bond motifs is 2. The van der Waals surface area contributed by atoms with E-state index in [2.05, 4.69) is 19.4 Å². The maximum atomic E-state index is 10.8. The second kappa shape index (κ2) is 1.75. The van der Waals surface area contributed by atoms with Gasteiger partial charge in [0.2, 0.25) is 0 Å². The Morgan fingerprint density at radius 3 is 2.44 bits per heavy atom. The van der Waals surface area contributed by atoms with Crippen molar-refractivity contribution >= 4 is 15.2 Å². The first kappa shape index (κ1) is 5.78. The summed E-state index contributed by atoms with van der Waals surface area (Å²) in [6.45, 7) is 0. The van der Waals surface area contributed by atoms with E-state index in [0.717, 1.165) is 0 Å². The number of ketones is 1. The predicted octanol–water partition coefficient (Wildman–Crippen LogP) is -0.303. The van der Waals surface area contributed by atoms with Gasteiger partial charge in [-0.3, -0.25) is 14.8 Å². The van der Waals surface area contributed by atoms with Crippen molar-refractivity contribution in [2.45, 2.75) is 25.2 Å². The minimum Gasteiger partial charge on any atom is -0.299 e. The molecule has 3 fully saturated rings. The Morgan fingerprint density at radius 1 is 1.56 bits per heavy atom. The van der Waals surface area contributed by atoms with E-state index in [1.54, 1.807) is 0 Å². The zero-order chi connectivity index (χ0) is 6.43. The highest BCUT2D eigenvalue weighted by molar-refractivity contribution is 7.13. The fourth-order valence-electron chi connectivity index (χ4n) is 1.37. The summed E-state index contributed by atoms with van der Waals surface area (Å²) in [5.74, 6) is 0.391. The molecule has 0 amide bonds. The predicted molar refractivity (Wildman–Crippen MR) is 36.5 cm³/mol. The van der Waals surface area contributed by atoms with Crippen LogP contribution >= 0.6 is 9.39 Å². The van der Waals surface area contributed by atoms with Crippen LogP contribution < -0.4 is 5.32 Å². The average Bonchev–Trinajstić information content (AvgIpc) is 1.87. The van der Waals surface area contributed by atoms with Crippen molar-refractivity contribution in [2.24, 2.45) is 0 Å². The van der Waals surface area contributed by atoms with Crippen LogP contribution in [0.5, 0.6) is 0 Å². The molecule has 4 heteroatoms. The monoisotopic (exact) mass is 144 g/mol. The summed E-state index contributed by atoms with van der Waals surface area (Å²) in [4.78, 5) is 10.8. The van der Waals surface area contributed by atoms with Gasteiger partial charge in [-0.2, -0.15) is 0 Å². The van der Waals surface area contributed by atoms with Crippen molar-refractivity contribution < 1.29 is 4.79 Å². The molecule has 2 bridgehead atoms. The summed E-state index contributed by atoms with van der Waals surface area (Å²) in [7, 11) is 2.63. The lowest BCUT2D eigenvalue weighted by atomic mass is 9.99. The molecule has 0 spiro atoms. The highest BCUT2D eigenvalue weighted by atomic mass is 31.0. The van der Waals surface area contributed by atoms with Crippen LogP contribution in [-0.2, 0) is 4.79 Å². The Hall–Kier alpha value is 0.0200. The molecule has 0 aromatic carbocycles. The van der Waals surface area contributed by atoms with Gasteiger partial charge in [0, 0.05) is 12.8 Å². The maximum absolute atomic E-state index is 10.8. The molecule has 9 heavy (non-hydrogen) atoms. The van der Waals surface area contributed by atoms with Crippen LogP contribution in [0.1, 0.15) is 12.8 Å².